The quantitative estimate of drug-likeness (QED) is 0.128. The average Bonchev–Trinajstić information content (AvgIpc) is 3.55. The van der Waals surface area contributed by atoms with Crippen molar-refractivity contribution >= 4 is 17.0 Å². The first-order valence-electron chi connectivity index (χ1n) is 16.4. The van der Waals surface area contributed by atoms with Crippen LogP contribution in [0.25, 0.3) is 11.3 Å². The Balaban J connectivity index is 0.000000506. The van der Waals surface area contributed by atoms with E-state index in [2.05, 4.69) is 121 Å². The molecule has 2 heteroatoms. The zero-order chi connectivity index (χ0) is 32.0. The summed E-state index contributed by atoms with van der Waals surface area (Å²) in [5.74, 6) is 0. The molecular formula is C41H60N2. The van der Waals surface area contributed by atoms with Crippen LogP contribution in [0.1, 0.15) is 120 Å². The predicted molar refractivity (Wildman–Crippen MR) is 196 cm³/mol. The molecule has 2 N–H and O–H groups in total. The largest absolute Gasteiger partial charge is 0.360 e. The Morgan fingerprint density at radius 3 is 2.02 bits per heavy atom. The minimum absolute atomic E-state index is 0.865. The lowest BCUT2D eigenvalue weighted by Gasteiger charge is -2.14. The van der Waals surface area contributed by atoms with Gasteiger partial charge in [-0.05, 0) is 118 Å². The van der Waals surface area contributed by atoms with Crippen LogP contribution in [-0.2, 0) is 6.42 Å². The molecule has 0 spiro atoms. The van der Waals surface area contributed by atoms with Gasteiger partial charge in [-0.2, -0.15) is 0 Å². The third-order valence-corrected chi connectivity index (χ3v) is 7.58. The summed E-state index contributed by atoms with van der Waals surface area (Å²) in [5.41, 5.74) is 12.0. The molecule has 0 bridgehead atoms. The molecule has 2 nitrogen and oxygen atoms in total. The fraction of sp³-hybridized carbons (Fsp3) is 0.415. The minimum Gasteiger partial charge on any atom is -0.360 e. The minimum atomic E-state index is 0.865. The summed E-state index contributed by atoms with van der Waals surface area (Å²) in [5, 5.41) is 3.43. The van der Waals surface area contributed by atoms with Crippen molar-refractivity contribution in [3.63, 3.8) is 0 Å². The monoisotopic (exact) mass is 580 g/mol. The lowest BCUT2D eigenvalue weighted by Crippen LogP contribution is -2.00. The van der Waals surface area contributed by atoms with Crippen LogP contribution in [0.3, 0.4) is 0 Å². The van der Waals surface area contributed by atoms with Crippen molar-refractivity contribution in [1.82, 2.24) is 4.98 Å². The molecule has 43 heavy (non-hydrogen) atoms. The van der Waals surface area contributed by atoms with E-state index in [4.69, 9.17) is 0 Å². The van der Waals surface area contributed by atoms with Crippen molar-refractivity contribution in [1.29, 1.82) is 0 Å². The molecule has 0 radical (unpaired) electrons. The maximum Gasteiger partial charge on any atom is 0.0613 e. The van der Waals surface area contributed by atoms with Crippen molar-refractivity contribution in [2.45, 2.75) is 112 Å². The Kier molecular flexibility index (Phi) is 19.3. The van der Waals surface area contributed by atoms with E-state index in [1.807, 2.05) is 18.3 Å². The number of allylic oxidation sites excluding steroid dienone is 3. The van der Waals surface area contributed by atoms with Crippen molar-refractivity contribution in [3.05, 3.63) is 126 Å². The molecule has 0 saturated carbocycles. The lowest BCUT2D eigenvalue weighted by atomic mass is 9.97. The molecule has 1 heterocycles. The van der Waals surface area contributed by atoms with Crippen molar-refractivity contribution in [3.8, 4) is 0 Å². The summed E-state index contributed by atoms with van der Waals surface area (Å²) in [7, 11) is 0. The Hall–Kier alpha value is -3.52. The zero-order valence-corrected chi connectivity index (χ0v) is 28.4. The third kappa shape index (κ3) is 16.1. The molecule has 234 valence electrons. The molecule has 3 rings (SSSR count). The second-order valence-corrected chi connectivity index (χ2v) is 11.8. The topological polar surface area (TPSA) is 27.8 Å². The van der Waals surface area contributed by atoms with Crippen molar-refractivity contribution in [2.24, 2.45) is 0 Å². The predicted octanol–water partition coefficient (Wildman–Crippen LogP) is 13.0. The molecule has 2 aromatic carbocycles. The zero-order valence-electron chi connectivity index (χ0n) is 28.4. The molecule has 0 aliphatic heterocycles. The van der Waals surface area contributed by atoms with Crippen LogP contribution < -0.4 is 5.32 Å². The van der Waals surface area contributed by atoms with E-state index in [9.17, 15) is 0 Å². The van der Waals surface area contributed by atoms with Gasteiger partial charge in [0.05, 0.1) is 11.4 Å². The maximum atomic E-state index is 4.31. The summed E-state index contributed by atoms with van der Waals surface area (Å²) < 4.78 is 0. The second-order valence-electron chi connectivity index (χ2n) is 11.8. The van der Waals surface area contributed by atoms with E-state index < -0.39 is 0 Å². The van der Waals surface area contributed by atoms with Gasteiger partial charge in [-0.3, -0.25) is 0 Å². The van der Waals surface area contributed by atoms with Crippen LogP contribution in [-0.4, -0.2) is 4.98 Å². The smallest absolute Gasteiger partial charge is 0.0613 e. The van der Waals surface area contributed by atoms with E-state index >= 15 is 0 Å². The molecule has 0 fully saturated rings. The Bertz CT molecular complexity index is 1240. The molecule has 0 unspecified atom stereocenters. The van der Waals surface area contributed by atoms with Gasteiger partial charge in [-0.1, -0.05) is 107 Å². The molecule has 1 aromatic heterocycles. The highest BCUT2D eigenvalue weighted by molar-refractivity contribution is 5.77. The summed E-state index contributed by atoms with van der Waals surface area (Å²) in [4.78, 5) is 3.18. The number of hydrogen-bond acceptors (Lipinski definition) is 1. The first-order valence-corrected chi connectivity index (χ1v) is 16.4. The van der Waals surface area contributed by atoms with E-state index in [1.165, 1.54) is 71.1 Å². The maximum absolute atomic E-state index is 4.31. The van der Waals surface area contributed by atoms with Crippen LogP contribution in [0.5, 0.6) is 0 Å². The fourth-order valence-corrected chi connectivity index (χ4v) is 4.36. The Morgan fingerprint density at radius 1 is 0.721 bits per heavy atom. The van der Waals surface area contributed by atoms with Gasteiger partial charge < -0.3 is 10.3 Å². The van der Waals surface area contributed by atoms with Gasteiger partial charge in [-0.15, -0.1) is 6.58 Å². The molecule has 3 aromatic rings. The van der Waals surface area contributed by atoms with E-state index in [0.717, 1.165) is 55.6 Å². The van der Waals surface area contributed by atoms with Crippen LogP contribution in [0.4, 0.5) is 5.69 Å². The second kappa shape index (κ2) is 22.1. The highest BCUT2D eigenvalue weighted by Gasteiger charge is 2.07. The molecule has 0 atom stereocenters. The fourth-order valence-electron chi connectivity index (χ4n) is 4.36. The number of H-pyrrole nitrogens is 1. The number of hydrogen-bond donors (Lipinski definition) is 2. The third-order valence-electron chi connectivity index (χ3n) is 7.58. The van der Waals surface area contributed by atoms with E-state index in [-0.39, 0.29) is 0 Å². The molecule has 0 aliphatic rings. The molecular weight excluding hydrogens is 520 g/mol. The Labute approximate surface area is 265 Å². The number of aromatic nitrogens is 1. The summed E-state index contributed by atoms with van der Waals surface area (Å²) in [6.07, 6.45) is 14.9. The summed E-state index contributed by atoms with van der Waals surface area (Å²) >= 11 is 0. The first-order chi connectivity index (χ1) is 20.6. The highest BCUT2D eigenvalue weighted by atomic mass is 14.9. The van der Waals surface area contributed by atoms with Crippen molar-refractivity contribution in [2.75, 3.05) is 5.32 Å². The van der Waals surface area contributed by atoms with Gasteiger partial charge in [0.2, 0.25) is 0 Å². The number of aryl methyl sites for hydroxylation is 3. The van der Waals surface area contributed by atoms with Crippen LogP contribution in [0, 0.1) is 13.8 Å². The summed E-state index contributed by atoms with van der Waals surface area (Å²) in [6, 6.07) is 19.1. The standard InChI is InChI=1S/C26H34N2.C11H16.C4H10/c1-19(2)13-14-20(3)10-7-8-11-21(4)24-16-15-22(5)26(18-24)28-23(6)25-12-9-17-27-25;1-3-4-8-11-9-6-5-7-10(11)2;1-3-4-2/h9,12,15-18,27-28H,1,3-4,6-8,10-11,13-14H2,2,5H3;5-7,9H,3-4,8H2,1-2H3;3-4H2,1-2H3. The van der Waals surface area contributed by atoms with Gasteiger partial charge in [-0.25, -0.2) is 0 Å². The van der Waals surface area contributed by atoms with Gasteiger partial charge in [0.15, 0.2) is 0 Å². The number of unbranched alkanes of at least 4 members (excludes halogenated alkanes) is 3. The number of benzene rings is 2. The first kappa shape index (κ1) is 37.5. The molecule has 0 saturated heterocycles. The molecule has 0 amide bonds. The van der Waals surface area contributed by atoms with Crippen LogP contribution in [0.15, 0.2) is 98.3 Å². The number of rotatable bonds is 16. The highest BCUT2D eigenvalue weighted by Crippen LogP contribution is 2.27. The number of anilines is 1. The SMILES string of the molecule is C=C(C)CCC(=C)CCCCC(=C)c1ccc(C)c(NC(=C)c2ccc[nH]2)c1.CCCC.CCCCc1ccccc1C. The van der Waals surface area contributed by atoms with Gasteiger partial charge in [0.25, 0.3) is 0 Å². The number of nitrogens with one attached hydrogen (secondary N) is 2. The number of aromatic amines is 1. The van der Waals surface area contributed by atoms with Crippen LogP contribution in [0.2, 0.25) is 0 Å². The summed E-state index contributed by atoms with van der Waals surface area (Å²) in [6.45, 7) is 29.6. The average molecular weight is 581 g/mol. The van der Waals surface area contributed by atoms with Crippen molar-refractivity contribution < 1.29 is 0 Å². The van der Waals surface area contributed by atoms with Gasteiger partial charge in [0, 0.05) is 11.9 Å². The van der Waals surface area contributed by atoms with Gasteiger partial charge >= 0.3 is 0 Å². The Morgan fingerprint density at radius 2 is 1.42 bits per heavy atom. The lowest BCUT2D eigenvalue weighted by molar-refractivity contribution is 0.723. The van der Waals surface area contributed by atoms with E-state index in [1.54, 1.807) is 0 Å². The molecule has 0 aliphatic carbocycles. The van der Waals surface area contributed by atoms with Gasteiger partial charge in [0.1, 0.15) is 0 Å². The normalized spacial score (nSPS) is 10.1. The van der Waals surface area contributed by atoms with E-state index in [0.29, 0.717) is 0 Å². The van der Waals surface area contributed by atoms with Crippen LogP contribution >= 0.6 is 0 Å².